The molecule has 108 valence electrons. The zero-order chi connectivity index (χ0) is 14.4. The van der Waals surface area contributed by atoms with Gasteiger partial charge in [-0.2, -0.15) is 5.10 Å². The first-order valence-corrected chi connectivity index (χ1v) is 6.45. The van der Waals surface area contributed by atoms with Crippen LogP contribution >= 0.6 is 0 Å². The number of nitro groups is 1. The highest BCUT2D eigenvalue weighted by Crippen LogP contribution is 2.28. The number of aromatic nitrogens is 2. The van der Waals surface area contributed by atoms with Gasteiger partial charge in [-0.25, -0.2) is 4.68 Å². The molecule has 0 aromatic carbocycles. The molecule has 0 amide bonds. The fourth-order valence-electron chi connectivity index (χ4n) is 1.95. The summed E-state index contributed by atoms with van der Waals surface area (Å²) in [6.45, 7) is 7.59. The van der Waals surface area contributed by atoms with Gasteiger partial charge in [0, 0.05) is 20.2 Å². The lowest BCUT2D eigenvalue weighted by Crippen LogP contribution is -2.18. The molecule has 1 heterocycles. The number of nitrogens with zero attached hydrogens (tertiary/aromatic N) is 3. The number of rotatable bonds is 8. The van der Waals surface area contributed by atoms with Crippen molar-refractivity contribution in [1.29, 1.82) is 0 Å². The predicted octanol–water partition coefficient (Wildman–Crippen LogP) is 2.20. The molecule has 1 N–H and O–H groups in total. The Bertz CT molecular complexity index is 431. The van der Waals surface area contributed by atoms with E-state index in [-0.39, 0.29) is 16.5 Å². The average molecular weight is 270 g/mol. The van der Waals surface area contributed by atoms with Crippen LogP contribution in [0.4, 0.5) is 11.5 Å². The lowest BCUT2D eigenvalue weighted by molar-refractivity contribution is -0.384. The van der Waals surface area contributed by atoms with Gasteiger partial charge in [-0.1, -0.05) is 13.8 Å². The Balaban J connectivity index is 2.91. The Morgan fingerprint density at radius 2 is 2.26 bits per heavy atom. The molecule has 0 saturated heterocycles. The minimum atomic E-state index is -0.377. The first kappa shape index (κ1) is 15.4. The van der Waals surface area contributed by atoms with Crippen molar-refractivity contribution in [2.45, 2.75) is 33.7 Å². The largest absolute Gasteiger partial charge is 0.384 e. The summed E-state index contributed by atoms with van der Waals surface area (Å²) >= 11 is 0. The molecule has 19 heavy (non-hydrogen) atoms. The zero-order valence-corrected chi connectivity index (χ0v) is 12.0. The highest BCUT2D eigenvalue weighted by atomic mass is 16.6. The maximum atomic E-state index is 11.1. The molecule has 7 nitrogen and oxygen atoms in total. The second-order valence-corrected chi connectivity index (χ2v) is 4.70. The molecule has 1 aromatic heterocycles. The van der Waals surface area contributed by atoms with E-state index in [1.54, 1.807) is 18.7 Å². The van der Waals surface area contributed by atoms with E-state index in [1.807, 2.05) is 13.8 Å². The predicted molar refractivity (Wildman–Crippen MR) is 73.4 cm³/mol. The smallest absolute Gasteiger partial charge is 0.333 e. The van der Waals surface area contributed by atoms with Gasteiger partial charge in [0.2, 0.25) is 5.82 Å². The summed E-state index contributed by atoms with van der Waals surface area (Å²) in [4.78, 5) is 10.7. The SMILES string of the molecule is CCCn1nc(C)c([N+](=O)[O-])c1NCC(C)COC. The number of anilines is 1. The number of ether oxygens (including phenoxy) is 1. The molecule has 1 atom stereocenters. The van der Waals surface area contributed by atoms with Gasteiger partial charge in [-0.3, -0.25) is 10.1 Å². The Morgan fingerprint density at radius 1 is 1.58 bits per heavy atom. The van der Waals surface area contributed by atoms with Crippen LogP contribution in [0.25, 0.3) is 0 Å². The number of methoxy groups -OCH3 is 1. The van der Waals surface area contributed by atoms with Gasteiger partial charge in [0.25, 0.3) is 0 Å². The third kappa shape index (κ3) is 3.92. The minimum Gasteiger partial charge on any atom is -0.384 e. The molecule has 0 aliphatic carbocycles. The molecule has 1 unspecified atom stereocenters. The maximum absolute atomic E-state index is 11.1. The van der Waals surface area contributed by atoms with E-state index >= 15 is 0 Å². The monoisotopic (exact) mass is 270 g/mol. The fraction of sp³-hybridized carbons (Fsp3) is 0.750. The number of hydrogen-bond acceptors (Lipinski definition) is 5. The van der Waals surface area contributed by atoms with Gasteiger partial charge in [0.15, 0.2) is 0 Å². The van der Waals surface area contributed by atoms with E-state index in [0.717, 1.165) is 6.42 Å². The maximum Gasteiger partial charge on any atom is 0.333 e. The standard InChI is InChI=1S/C12H22N4O3/c1-5-6-15-12(13-7-9(2)8-19-4)11(16(17)18)10(3)14-15/h9,13H,5-8H2,1-4H3. The molecule has 1 rings (SSSR count). The summed E-state index contributed by atoms with van der Waals surface area (Å²) in [6, 6.07) is 0. The summed E-state index contributed by atoms with van der Waals surface area (Å²) in [6.07, 6.45) is 0.876. The van der Waals surface area contributed by atoms with E-state index in [2.05, 4.69) is 10.4 Å². The van der Waals surface area contributed by atoms with Crippen LogP contribution in [0.15, 0.2) is 0 Å². The van der Waals surface area contributed by atoms with Crippen molar-refractivity contribution in [2.24, 2.45) is 5.92 Å². The molecule has 0 fully saturated rings. The topological polar surface area (TPSA) is 82.2 Å². The van der Waals surface area contributed by atoms with Gasteiger partial charge in [-0.05, 0) is 19.3 Å². The first-order chi connectivity index (χ1) is 9.01. The van der Waals surface area contributed by atoms with Crippen LogP contribution < -0.4 is 5.32 Å². The second-order valence-electron chi connectivity index (χ2n) is 4.70. The highest BCUT2D eigenvalue weighted by molar-refractivity contribution is 5.59. The molecular weight excluding hydrogens is 248 g/mol. The van der Waals surface area contributed by atoms with Crippen molar-refractivity contribution in [3.05, 3.63) is 15.8 Å². The Hall–Kier alpha value is -1.63. The third-order valence-corrected chi connectivity index (χ3v) is 2.78. The molecule has 7 heteroatoms. The Kier molecular flexibility index (Phi) is 5.75. The van der Waals surface area contributed by atoms with Crippen molar-refractivity contribution in [3.63, 3.8) is 0 Å². The summed E-state index contributed by atoms with van der Waals surface area (Å²) in [5.74, 6) is 0.766. The molecule has 0 saturated carbocycles. The van der Waals surface area contributed by atoms with Crippen LogP contribution in [-0.2, 0) is 11.3 Å². The van der Waals surface area contributed by atoms with Gasteiger partial charge < -0.3 is 10.1 Å². The van der Waals surface area contributed by atoms with E-state index in [4.69, 9.17) is 4.74 Å². The quantitative estimate of drug-likeness (QED) is 0.578. The lowest BCUT2D eigenvalue weighted by atomic mass is 10.2. The van der Waals surface area contributed by atoms with Gasteiger partial charge >= 0.3 is 5.69 Å². The van der Waals surface area contributed by atoms with Crippen molar-refractivity contribution in [2.75, 3.05) is 25.6 Å². The van der Waals surface area contributed by atoms with Crippen molar-refractivity contribution >= 4 is 11.5 Å². The van der Waals surface area contributed by atoms with Gasteiger partial charge in [0.05, 0.1) is 11.5 Å². The first-order valence-electron chi connectivity index (χ1n) is 6.45. The average Bonchev–Trinajstić information content (AvgIpc) is 2.63. The molecular formula is C12H22N4O3. The summed E-state index contributed by atoms with van der Waals surface area (Å²) in [5.41, 5.74) is 0.512. The lowest BCUT2D eigenvalue weighted by Gasteiger charge is -2.13. The molecule has 1 aromatic rings. The van der Waals surface area contributed by atoms with Gasteiger partial charge in [0.1, 0.15) is 5.69 Å². The van der Waals surface area contributed by atoms with E-state index in [1.165, 1.54) is 0 Å². The summed E-state index contributed by atoms with van der Waals surface area (Å²) < 4.78 is 6.73. The Labute approximate surface area is 113 Å². The van der Waals surface area contributed by atoms with Crippen LogP contribution in [0.5, 0.6) is 0 Å². The van der Waals surface area contributed by atoms with E-state index < -0.39 is 0 Å². The van der Waals surface area contributed by atoms with Crippen molar-refractivity contribution < 1.29 is 9.66 Å². The number of nitrogens with one attached hydrogen (secondary N) is 1. The molecule has 0 radical (unpaired) electrons. The van der Waals surface area contributed by atoms with Crippen molar-refractivity contribution in [3.8, 4) is 0 Å². The second kappa shape index (κ2) is 7.08. The van der Waals surface area contributed by atoms with Crippen LogP contribution in [-0.4, -0.2) is 35.0 Å². The Morgan fingerprint density at radius 3 is 2.79 bits per heavy atom. The third-order valence-electron chi connectivity index (χ3n) is 2.78. The van der Waals surface area contributed by atoms with Crippen LogP contribution in [0.1, 0.15) is 26.0 Å². The summed E-state index contributed by atoms with van der Waals surface area (Å²) in [5, 5.41) is 18.5. The number of hydrogen-bond donors (Lipinski definition) is 1. The zero-order valence-electron chi connectivity index (χ0n) is 12.0. The van der Waals surface area contributed by atoms with Crippen LogP contribution in [0.3, 0.4) is 0 Å². The van der Waals surface area contributed by atoms with Gasteiger partial charge in [-0.15, -0.1) is 0 Å². The molecule has 0 bridgehead atoms. The fourth-order valence-corrected chi connectivity index (χ4v) is 1.95. The minimum absolute atomic E-state index is 0.0677. The molecule has 0 aliphatic heterocycles. The highest BCUT2D eigenvalue weighted by Gasteiger charge is 2.25. The number of aryl methyl sites for hydroxylation is 2. The molecule has 0 aliphatic rings. The van der Waals surface area contributed by atoms with E-state index in [0.29, 0.717) is 31.2 Å². The normalized spacial score (nSPS) is 12.4. The molecule has 0 spiro atoms. The van der Waals surface area contributed by atoms with Crippen molar-refractivity contribution in [1.82, 2.24) is 9.78 Å². The van der Waals surface area contributed by atoms with E-state index in [9.17, 15) is 10.1 Å². The van der Waals surface area contributed by atoms with Crippen LogP contribution in [0.2, 0.25) is 0 Å². The van der Waals surface area contributed by atoms with Crippen LogP contribution in [0, 0.1) is 23.0 Å². The summed E-state index contributed by atoms with van der Waals surface area (Å²) in [7, 11) is 1.64.